The van der Waals surface area contributed by atoms with Crippen molar-refractivity contribution in [1.82, 2.24) is 0 Å². The Labute approximate surface area is 225 Å². The van der Waals surface area contributed by atoms with Crippen LogP contribution in [0, 0.1) is 5.92 Å². The molecule has 0 aromatic heterocycles. The average Bonchev–Trinajstić information content (AvgIpc) is 3.87. The molecule has 0 spiro atoms. The molecule has 4 aromatic carbocycles. The Morgan fingerprint density at radius 3 is 1.42 bits per heavy atom. The maximum atomic E-state index is 5.78. The van der Waals surface area contributed by atoms with Gasteiger partial charge in [-0.15, -0.1) is 0 Å². The topological polar surface area (TPSA) is 43.5 Å². The first-order chi connectivity index (χ1) is 18.7. The summed E-state index contributed by atoms with van der Waals surface area (Å²) in [4.78, 5) is 0. The highest BCUT2D eigenvalue weighted by atomic mass is 16.6. The highest BCUT2D eigenvalue weighted by molar-refractivity contribution is 5.66. The van der Waals surface area contributed by atoms with Gasteiger partial charge in [-0.1, -0.05) is 79.7 Å². The van der Waals surface area contributed by atoms with Gasteiger partial charge in [-0.25, -0.2) is 0 Å². The van der Waals surface area contributed by atoms with Crippen molar-refractivity contribution >= 4 is 0 Å². The molecule has 2 unspecified atom stereocenters. The summed E-state index contributed by atoms with van der Waals surface area (Å²) in [5, 5.41) is 0. The summed E-state index contributed by atoms with van der Waals surface area (Å²) in [5.41, 5.74) is 7.63. The van der Waals surface area contributed by atoms with E-state index in [1.165, 1.54) is 33.4 Å². The van der Waals surface area contributed by atoms with Gasteiger partial charge >= 0.3 is 0 Å². The molecule has 0 N–H and O–H groups in total. The number of hydrogen-bond acceptors (Lipinski definition) is 4. The van der Waals surface area contributed by atoms with Crippen LogP contribution in [0.3, 0.4) is 0 Å². The summed E-state index contributed by atoms with van der Waals surface area (Å²) in [6.45, 7) is 5.23. The van der Waals surface area contributed by atoms with E-state index in [1.54, 1.807) is 0 Å². The third kappa shape index (κ3) is 6.83. The van der Waals surface area contributed by atoms with E-state index in [-0.39, 0.29) is 12.2 Å². The van der Waals surface area contributed by atoms with Crippen molar-refractivity contribution in [1.29, 1.82) is 0 Å². The Morgan fingerprint density at radius 2 is 1.03 bits per heavy atom. The van der Waals surface area contributed by atoms with E-state index >= 15 is 0 Å². The second-order valence-corrected chi connectivity index (χ2v) is 10.5. The normalized spacial score (nSPS) is 18.6. The molecule has 0 amide bonds. The quantitative estimate of drug-likeness (QED) is 0.194. The van der Waals surface area contributed by atoms with E-state index in [2.05, 4.69) is 79.7 Å². The summed E-state index contributed by atoms with van der Waals surface area (Å²) < 4.78 is 22.0. The van der Waals surface area contributed by atoms with E-state index in [1.807, 2.05) is 24.3 Å². The largest absolute Gasteiger partial charge is 0.491 e. The SMILES string of the molecule is CC(Cc1cccc(-c2ccc(OCC3CO3)cc2)c1)Cc1cccc(-c2ccc(OCC3CO3)cc2)c1. The van der Waals surface area contributed by atoms with Crippen LogP contribution in [0.2, 0.25) is 0 Å². The highest BCUT2D eigenvalue weighted by Gasteiger charge is 2.23. The van der Waals surface area contributed by atoms with Gasteiger partial charge in [0.25, 0.3) is 0 Å². The molecule has 0 bridgehead atoms. The Kier molecular flexibility index (Phi) is 7.43. The maximum absolute atomic E-state index is 5.78. The number of rotatable bonds is 12. The number of hydrogen-bond donors (Lipinski definition) is 0. The van der Waals surface area contributed by atoms with E-state index in [4.69, 9.17) is 18.9 Å². The van der Waals surface area contributed by atoms with Gasteiger partial charge in [0, 0.05) is 0 Å². The van der Waals surface area contributed by atoms with Crippen molar-refractivity contribution in [2.45, 2.75) is 32.0 Å². The van der Waals surface area contributed by atoms with Crippen molar-refractivity contribution in [3.8, 4) is 33.8 Å². The molecule has 4 heteroatoms. The molecule has 2 aliphatic heterocycles. The van der Waals surface area contributed by atoms with Gasteiger partial charge in [-0.2, -0.15) is 0 Å². The van der Waals surface area contributed by atoms with E-state index in [0.717, 1.165) is 37.6 Å². The molecular weight excluding hydrogens is 472 g/mol. The zero-order valence-corrected chi connectivity index (χ0v) is 21.8. The smallest absolute Gasteiger partial charge is 0.119 e. The minimum atomic E-state index is 0.273. The predicted molar refractivity (Wildman–Crippen MR) is 151 cm³/mol. The first kappa shape index (κ1) is 24.7. The first-order valence-electron chi connectivity index (χ1n) is 13.6. The lowest BCUT2D eigenvalue weighted by molar-refractivity contribution is 0.263. The number of benzene rings is 4. The third-order valence-corrected chi connectivity index (χ3v) is 7.07. The molecule has 4 aromatic rings. The van der Waals surface area contributed by atoms with Crippen LogP contribution in [-0.4, -0.2) is 38.6 Å². The van der Waals surface area contributed by atoms with Crippen molar-refractivity contribution in [2.24, 2.45) is 5.92 Å². The fraction of sp³-hybridized carbons (Fsp3) is 0.294. The molecule has 0 saturated carbocycles. The van der Waals surface area contributed by atoms with Crippen LogP contribution in [0.1, 0.15) is 18.1 Å². The van der Waals surface area contributed by atoms with Gasteiger partial charge in [-0.3, -0.25) is 0 Å². The van der Waals surface area contributed by atoms with Crippen LogP contribution in [-0.2, 0) is 22.3 Å². The summed E-state index contributed by atoms with van der Waals surface area (Å²) in [6.07, 6.45) is 2.62. The van der Waals surface area contributed by atoms with E-state index in [9.17, 15) is 0 Å². The highest BCUT2D eigenvalue weighted by Crippen LogP contribution is 2.27. The molecule has 0 radical (unpaired) electrons. The molecule has 2 atom stereocenters. The van der Waals surface area contributed by atoms with Crippen LogP contribution in [0.25, 0.3) is 22.3 Å². The minimum absolute atomic E-state index is 0.273. The Balaban J connectivity index is 1.05. The lowest BCUT2D eigenvalue weighted by Crippen LogP contribution is -2.04. The second-order valence-electron chi connectivity index (χ2n) is 10.5. The third-order valence-electron chi connectivity index (χ3n) is 7.07. The van der Waals surface area contributed by atoms with Crippen LogP contribution in [0.5, 0.6) is 11.5 Å². The Morgan fingerprint density at radius 1 is 0.605 bits per heavy atom. The standard InChI is InChI=1S/C34H34O4/c1-24(16-25-4-2-6-29(18-25)27-8-12-31(13-9-27)35-20-33-22-37-33)17-26-5-3-7-30(19-26)28-10-14-32(15-11-28)36-21-34-23-38-34/h2-15,18-19,24,33-34H,16-17,20-23H2,1H3. The molecule has 0 aliphatic carbocycles. The molecule has 2 fully saturated rings. The first-order valence-corrected chi connectivity index (χ1v) is 13.6. The maximum Gasteiger partial charge on any atom is 0.119 e. The van der Waals surface area contributed by atoms with Crippen molar-refractivity contribution in [2.75, 3.05) is 26.4 Å². The molecule has 4 nitrogen and oxygen atoms in total. The second kappa shape index (κ2) is 11.4. The molecule has 6 rings (SSSR count). The molecule has 2 saturated heterocycles. The van der Waals surface area contributed by atoms with Crippen molar-refractivity contribution in [3.05, 3.63) is 108 Å². The molecular formula is C34H34O4. The lowest BCUT2D eigenvalue weighted by atomic mass is 9.91. The zero-order valence-electron chi connectivity index (χ0n) is 21.8. The van der Waals surface area contributed by atoms with Gasteiger partial charge in [-0.05, 0) is 76.4 Å². The van der Waals surface area contributed by atoms with Gasteiger partial charge in [0.05, 0.1) is 13.2 Å². The fourth-order valence-corrected chi connectivity index (χ4v) is 4.83. The van der Waals surface area contributed by atoms with Crippen LogP contribution >= 0.6 is 0 Å². The molecule has 2 aliphatic rings. The lowest BCUT2D eigenvalue weighted by Gasteiger charge is -2.14. The minimum Gasteiger partial charge on any atom is -0.491 e. The number of ether oxygens (including phenoxy) is 4. The Bertz CT molecular complexity index is 1230. The molecule has 38 heavy (non-hydrogen) atoms. The monoisotopic (exact) mass is 506 g/mol. The summed E-state index contributed by atoms with van der Waals surface area (Å²) in [6, 6.07) is 34.5. The van der Waals surface area contributed by atoms with Gasteiger partial charge in [0.15, 0.2) is 0 Å². The van der Waals surface area contributed by atoms with Crippen LogP contribution in [0.4, 0.5) is 0 Å². The molecule has 2 heterocycles. The molecule has 194 valence electrons. The summed E-state index contributed by atoms with van der Waals surface area (Å²) >= 11 is 0. The van der Waals surface area contributed by atoms with Crippen LogP contribution < -0.4 is 9.47 Å². The van der Waals surface area contributed by atoms with E-state index in [0.29, 0.717) is 19.1 Å². The van der Waals surface area contributed by atoms with Crippen LogP contribution in [0.15, 0.2) is 97.1 Å². The van der Waals surface area contributed by atoms with Gasteiger partial charge < -0.3 is 18.9 Å². The predicted octanol–water partition coefficient (Wildman–Crippen LogP) is 7.00. The number of epoxide rings is 2. The van der Waals surface area contributed by atoms with Gasteiger partial charge in [0.2, 0.25) is 0 Å². The zero-order chi connectivity index (χ0) is 25.7. The van der Waals surface area contributed by atoms with E-state index < -0.39 is 0 Å². The fourth-order valence-electron chi connectivity index (χ4n) is 4.83. The van der Waals surface area contributed by atoms with Gasteiger partial charge in [0.1, 0.15) is 36.9 Å². The summed E-state index contributed by atoms with van der Waals surface area (Å²) in [5.74, 6) is 2.31. The van der Waals surface area contributed by atoms with Crippen molar-refractivity contribution in [3.63, 3.8) is 0 Å². The van der Waals surface area contributed by atoms with Crippen molar-refractivity contribution < 1.29 is 18.9 Å². The average molecular weight is 507 g/mol. The Hall–Kier alpha value is -3.60. The summed E-state index contributed by atoms with van der Waals surface area (Å²) in [7, 11) is 0.